The fraction of sp³-hybridized carbons (Fsp3) is 0.500. The second-order valence-corrected chi connectivity index (χ2v) is 4.30. The van der Waals surface area contributed by atoms with Gasteiger partial charge in [0.15, 0.2) is 0 Å². The van der Waals surface area contributed by atoms with Crippen LogP contribution in [-0.2, 0) is 4.79 Å². The fourth-order valence-electron chi connectivity index (χ4n) is 1.49. The summed E-state index contributed by atoms with van der Waals surface area (Å²) in [6.45, 7) is 4.05. The molecule has 0 saturated heterocycles. The zero-order valence-corrected chi connectivity index (χ0v) is 12.9. The predicted octanol–water partition coefficient (Wildman–Crippen LogP) is 2.25. The molecule has 0 aromatic carbocycles. The number of nitrogens with two attached hydrogens (primary N) is 1. The van der Waals surface area contributed by atoms with E-state index >= 15 is 0 Å². The number of pyridine rings is 1. The van der Waals surface area contributed by atoms with E-state index in [-0.39, 0.29) is 30.7 Å². The monoisotopic (exact) mass is 309 g/mol. The van der Waals surface area contributed by atoms with Gasteiger partial charge >= 0.3 is 0 Å². The van der Waals surface area contributed by atoms with E-state index in [0.29, 0.717) is 23.8 Å². The van der Waals surface area contributed by atoms with Crippen molar-refractivity contribution in [2.45, 2.75) is 26.3 Å². The number of ether oxygens (including phenoxy) is 1. The predicted molar refractivity (Wildman–Crippen MR) is 81.3 cm³/mol. The number of hydrogen-bond acceptors (Lipinski definition) is 4. The van der Waals surface area contributed by atoms with Gasteiger partial charge in [0.05, 0.1) is 19.3 Å². The molecule has 1 aromatic rings. The van der Waals surface area contributed by atoms with Gasteiger partial charge in [-0.25, -0.2) is 0 Å². The molecule has 0 aliphatic rings. The van der Waals surface area contributed by atoms with Gasteiger partial charge in [-0.3, -0.25) is 9.78 Å². The molecule has 1 aromatic heterocycles. The highest BCUT2D eigenvalue weighted by Gasteiger charge is 2.16. The van der Waals surface area contributed by atoms with Gasteiger partial charge in [0.25, 0.3) is 0 Å². The van der Waals surface area contributed by atoms with Crippen LogP contribution in [0.3, 0.4) is 0 Å². The molecule has 0 fully saturated rings. The number of carbonyl (C=O) groups is 1. The minimum atomic E-state index is -0.514. The third kappa shape index (κ3) is 6.61. The van der Waals surface area contributed by atoms with Crippen molar-refractivity contribution in [2.75, 3.05) is 12.4 Å². The van der Waals surface area contributed by atoms with Crippen molar-refractivity contribution in [3.8, 4) is 5.75 Å². The zero-order valence-electron chi connectivity index (χ0n) is 11.3. The normalized spacial score (nSPS) is 11.0. The highest BCUT2D eigenvalue weighted by molar-refractivity contribution is 5.95. The topological polar surface area (TPSA) is 77.2 Å². The third-order valence-electron chi connectivity index (χ3n) is 2.32. The summed E-state index contributed by atoms with van der Waals surface area (Å²) in [7, 11) is 1.54. The van der Waals surface area contributed by atoms with E-state index in [9.17, 15) is 4.79 Å². The Kier molecular flexibility index (Phi) is 10.5. The first kappa shape index (κ1) is 20.3. The van der Waals surface area contributed by atoms with Crippen LogP contribution in [0, 0.1) is 5.92 Å². The SMILES string of the molecule is COc1ccncc1NC(=O)[C@@H](N)CC(C)C.Cl.Cl. The maximum absolute atomic E-state index is 11.8. The van der Waals surface area contributed by atoms with Crippen LogP contribution in [0.2, 0.25) is 0 Å². The lowest BCUT2D eigenvalue weighted by Crippen LogP contribution is -2.36. The largest absolute Gasteiger partial charge is 0.494 e. The maximum atomic E-state index is 11.8. The Hall–Kier alpha value is -1.04. The highest BCUT2D eigenvalue weighted by atomic mass is 35.5. The minimum absolute atomic E-state index is 0. The second kappa shape index (κ2) is 9.83. The molecule has 7 heteroatoms. The number of nitrogens with zero attached hydrogens (tertiary/aromatic N) is 1. The molecule has 0 spiro atoms. The quantitative estimate of drug-likeness (QED) is 0.874. The van der Waals surface area contributed by atoms with E-state index < -0.39 is 6.04 Å². The molecule has 0 saturated carbocycles. The van der Waals surface area contributed by atoms with Gasteiger partial charge in [-0.1, -0.05) is 13.8 Å². The summed E-state index contributed by atoms with van der Waals surface area (Å²) in [6.07, 6.45) is 3.79. The second-order valence-electron chi connectivity index (χ2n) is 4.30. The zero-order chi connectivity index (χ0) is 12.8. The molecule has 0 radical (unpaired) electrons. The number of methoxy groups -OCH3 is 1. The number of anilines is 1. The van der Waals surface area contributed by atoms with Gasteiger partial charge in [-0.2, -0.15) is 0 Å². The first-order valence-electron chi connectivity index (χ1n) is 5.59. The van der Waals surface area contributed by atoms with Crippen LogP contribution >= 0.6 is 24.8 Å². The summed E-state index contributed by atoms with van der Waals surface area (Å²) in [6, 6.07) is 1.17. The molecule has 0 aliphatic heterocycles. The van der Waals surface area contributed by atoms with E-state index in [1.807, 2.05) is 13.8 Å². The maximum Gasteiger partial charge on any atom is 0.241 e. The minimum Gasteiger partial charge on any atom is -0.494 e. The molecule has 0 aliphatic carbocycles. The average Bonchev–Trinajstić information content (AvgIpc) is 2.28. The first-order valence-corrected chi connectivity index (χ1v) is 5.59. The lowest BCUT2D eigenvalue weighted by molar-refractivity contribution is -0.117. The average molecular weight is 310 g/mol. The molecule has 110 valence electrons. The summed E-state index contributed by atoms with van der Waals surface area (Å²) < 4.78 is 5.11. The number of aromatic nitrogens is 1. The molecule has 1 heterocycles. The van der Waals surface area contributed by atoms with Crippen LogP contribution in [0.15, 0.2) is 18.5 Å². The van der Waals surface area contributed by atoms with Gasteiger partial charge in [-0.15, -0.1) is 24.8 Å². The molecule has 1 amide bonds. The van der Waals surface area contributed by atoms with Crippen molar-refractivity contribution in [2.24, 2.45) is 11.7 Å². The molecule has 3 N–H and O–H groups in total. The Morgan fingerprint density at radius 1 is 1.47 bits per heavy atom. The summed E-state index contributed by atoms with van der Waals surface area (Å²) in [5.74, 6) is 0.738. The molecule has 5 nitrogen and oxygen atoms in total. The molecule has 0 unspecified atom stereocenters. The van der Waals surface area contributed by atoms with E-state index in [1.165, 1.54) is 0 Å². The Balaban J connectivity index is 0. The summed E-state index contributed by atoms with van der Waals surface area (Å²) in [5.41, 5.74) is 6.33. The van der Waals surface area contributed by atoms with Gasteiger partial charge in [0, 0.05) is 12.3 Å². The van der Waals surface area contributed by atoms with Crippen molar-refractivity contribution in [3.63, 3.8) is 0 Å². The smallest absolute Gasteiger partial charge is 0.241 e. The van der Waals surface area contributed by atoms with Gasteiger partial charge in [0.2, 0.25) is 5.91 Å². The van der Waals surface area contributed by atoms with Crippen molar-refractivity contribution >= 4 is 36.4 Å². The molecule has 0 bridgehead atoms. The van der Waals surface area contributed by atoms with Crippen molar-refractivity contribution < 1.29 is 9.53 Å². The van der Waals surface area contributed by atoms with Gasteiger partial charge in [-0.05, 0) is 12.3 Å². The molecule has 1 atom stereocenters. The number of hydrogen-bond donors (Lipinski definition) is 2. The number of halogens is 2. The summed E-state index contributed by atoms with van der Waals surface area (Å²) in [4.78, 5) is 15.7. The van der Waals surface area contributed by atoms with Crippen molar-refractivity contribution in [1.82, 2.24) is 4.98 Å². The van der Waals surface area contributed by atoms with E-state index in [1.54, 1.807) is 25.6 Å². The Bertz CT molecular complexity index is 389. The summed E-state index contributed by atoms with van der Waals surface area (Å²) >= 11 is 0. The van der Waals surface area contributed by atoms with Crippen LogP contribution in [0.4, 0.5) is 5.69 Å². The standard InChI is InChI=1S/C12H19N3O2.2ClH/c1-8(2)6-9(13)12(16)15-10-7-14-5-4-11(10)17-3;;/h4-5,7-9H,6,13H2,1-3H3,(H,15,16);2*1H/t9-;;/m0../s1. The van der Waals surface area contributed by atoms with E-state index in [0.717, 1.165) is 0 Å². The lowest BCUT2D eigenvalue weighted by Gasteiger charge is -2.15. The number of carbonyl (C=O) groups excluding carboxylic acids is 1. The summed E-state index contributed by atoms with van der Waals surface area (Å²) in [5, 5.41) is 2.72. The Morgan fingerprint density at radius 2 is 2.11 bits per heavy atom. The first-order chi connectivity index (χ1) is 8.04. The van der Waals surface area contributed by atoms with Crippen LogP contribution < -0.4 is 15.8 Å². The van der Waals surface area contributed by atoms with E-state index in [2.05, 4.69) is 10.3 Å². The van der Waals surface area contributed by atoms with Crippen LogP contribution in [0.25, 0.3) is 0 Å². The van der Waals surface area contributed by atoms with Crippen LogP contribution in [0.5, 0.6) is 5.75 Å². The third-order valence-corrected chi connectivity index (χ3v) is 2.32. The molecular weight excluding hydrogens is 289 g/mol. The lowest BCUT2D eigenvalue weighted by atomic mass is 10.0. The Labute approximate surface area is 126 Å². The number of amides is 1. The van der Waals surface area contributed by atoms with Crippen LogP contribution in [-0.4, -0.2) is 24.0 Å². The Morgan fingerprint density at radius 3 is 2.63 bits per heavy atom. The van der Waals surface area contributed by atoms with E-state index in [4.69, 9.17) is 10.5 Å². The fourth-order valence-corrected chi connectivity index (χ4v) is 1.49. The van der Waals surface area contributed by atoms with Crippen molar-refractivity contribution in [1.29, 1.82) is 0 Å². The number of nitrogens with one attached hydrogen (secondary N) is 1. The molecule has 19 heavy (non-hydrogen) atoms. The van der Waals surface area contributed by atoms with Gasteiger partial charge in [0.1, 0.15) is 11.4 Å². The molecule has 1 rings (SSSR count). The van der Waals surface area contributed by atoms with Gasteiger partial charge < -0.3 is 15.8 Å². The molecular formula is C12H21Cl2N3O2. The van der Waals surface area contributed by atoms with Crippen LogP contribution in [0.1, 0.15) is 20.3 Å². The van der Waals surface area contributed by atoms with Crippen molar-refractivity contribution in [3.05, 3.63) is 18.5 Å². The number of rotatable bonds is 5. The highest BCUT2D eigenvalue weighted by Crippen LogP contribution is 2.21.